The van der Waals surface area contributed by atoms with E-state index in [4.69, 9.17) is 0 Å². The lowest BCUT2D eigenvalue weighted by Crippen LogP contribution is -2.28. The minimum Gasteiger partial charge on any atom is -0.345 e. The van der Waals surface area contributed by atoms with Crippen LogP contribution in [0.15, 0.2) is 84.0 Å². The largest absolute Gasteiger partial charge is 0.345 e. The summed E-state index contributed by atoms with van der Waals surface area (Å²) in [5.74, 6) is -0.352. The number of aromatic nitrogens is 1. The van der Waals surface area contributed by atoms with Gasteiger partial charge in [-0.2, -0.15) is 0 Å². The molecule has 2 unspecified atom stereocenters. The Morgan fingerprint density at radius 1 is 0.897 bits per heavy atom. The summed E-state index contributed by atoms with van der Waals surface area (Å²) in [5.41, 5.74) is 1.99. The molecule has 0 aliphatic carbocycles. The van der Waals surface area contributed by atoms with Crippen LogP contribution in [0.4, 0.5) is 0 Å². The van der Waals surface area contributed by atoms with Crippen LogP contribution in [0.3, 0.4) is 0 Å². The van der Waals surface area contributed by atoms with Gasteiger partial charge in [-0.3, -0.25) is 9.78 Å². The van der Waals surface area contributed by atoms with Crippen LogP contribution in [0.1, 0.15) is 47.4 Å². The first kappa shape index (κ1) is 20.7. The molecule has 3 aromatic rings. The normalized spacial score (nSPS) is 13.4. The van der Waals surface area contributed by atoms with Crippen molar-refractivity contribution >= 4 is 15.9 Å². The van der Waals surface area contributed by atoms with Gasteiger partial charge in [0, 0.05) is 24.0 Å². The summed E-state index contributed by atoms with van der Waals surface area (Å²) in [7, 11) is -3.78. The minimum absolute atomic E-state index is 0.0435. The summed E-state index contributed by atoms with van der Waals surface area (Å²) in [5, 5.41) is 2.86. The Labute approximate surface area is 171 Å². The number of hydrogen-bond donors (Lipinski definition) is 2. The maximum Gasteiger partial charge on any atom is 0.251 e. The Balaban J connectivity index is 1.75. The molecule has 3 rings (SSSR count). The molecule has 0 aliphatic rings. The fraction of sp³-hybridized carbons (Fsp3) is 0.182. The van der Waals surface area contributed by atoms with Gasteiger partial charge in [-0.25, -0.2) is 13.1 Å². The van der Waals surface area contributed by atoms with Gasteiger partial charge in [-0.05, 0) is 49.2 Å². The third-order valence-corrected chi connectivity index (χ3v) is 6.11. The molecular weight excluding hydrogens is 386 g/mol. The molecule has 1 amide bonds. The first-order valence-corrected chi connectivity index (χ1v) is 10.7. The second-order valence-electron chi connectivity index (χ2n) is 6.76. The zero-order chi connectivity index (χ0) is 20.9. The van der Waals surface area contributed by atoms with E-state index < -0.39 is 16.1 Å². The highest BCUT2D eigenvalue weighted by Gasteiger charge is 2.20. The van der Waals surface area contributed by atoms with Crippen molar-refractivity contribution in [1.82, 2.24) is 15.0 Å². The summed E-state index contributed by atoms with van der Waals surface area (Å²) in [6.45, 7) is 3.62. The number of nitrogens with one attached hydrogen (secondary N) is 2. The predicted octanol–water partition coefficient (Wildman–Crippen LogP) is 3.61. The van der Waals surface area contributed by atoms with Crippen LogP contribution in [0, 0.1) is 0 Å². The van der Waals surface area contributed by atoms with E-state index in [0.717, 1.165) is 11.1 Å². The van der Waals surface area contributed by atoms with Crippen LogP contribution in [-0.4, -0.2) is 19.3 Å². The zero-order valence-corrected chi connectivity index (χ0v) is 17.1. The number of hydrogen-bond acceptors (Lipinski definition) is 4. The van der Waals surface area contributed by atoms with Crippen LogP contribution >= 0.6 is 0 Å². The highest BCUT2D eigenvalue weighted by molar-refractivity contribution is 7.89. The van der Waals surface area contributed by atoms with Gasteiger partial charge in [0.15, 0.2) is 0 Å². The summed E-state index contributed by atoms with van der Waals surface area (Å²) in [6.07, 6.45) is 3.34. The maximum atomic E-state index is 12.8. The average molecular weight is 410 g/mol. The fourth-order valence-electron chi connectivity index (χ4n) is 2.91. The first-order chi connectivity index (χ1) is 13.9. The molecule has 2 atom stereocenters. The van der Waals surface area contributed by atoms with E-state index >= 15 is 0 Å². The van der Waals surface area contributed by atoms with Gasteiger partial charge in [-0.15, -0.1) is 0 Å². The van der Waals surface area contributed by atoms with Gasteiger partial charge < -0.3 is 5.32 Å². The lowest BCUT2D eigenvalue weighted by molar-refractivity contribution is 0.0939. The van der Waals surface area contributed by atoms with E-state index in [1.54, 1.807) is 37.5 Å². The summed E-state index contributed by atoms with van der Waals surface area (Å²) >= 11 is 0. The number of benzene rings is 2. The molecule has 6 nitrogen and oxygen atoms in total. The number of amides is 1. The van der Waals surface area contributed by atoms with Gasteiger partial charge in [0.05, 0.1) is 10.9 Å². The Morgan fingerprint density at radius 2 is 1.62 bits per heavy atom. The number of nitrogens with zero attached hydrogens (tertiary/aromatic N) is 1. The van der Waals surface area contributed by atoms with Crippen LogP contribution in [0.5, 0.6) is 0 Å². The average Bonchev–Trinajstić information content (AvgIpc) is 2.74. The molecule has 2 aromatic carbocycles. The van der Waals surface area contributed by atoms with Crippen LogP contribution in [0.2, 0.25) is 0 Å². The molecule has 0 bridgehead atoms. The Hall–Kier alpha value is -3.03. The number of carbonyl (C=O) groups is 1. The SMILES string of the molecule is CC(NC(=O)c1cccc(S(=O)(=O)NC(C)c2ccccc2)c1)c1cccnc1. The van der Waals surface area contributed by atoms with Crippen molar-refractivity contribution in [2.24, 2.45) is 0 Å². The van der Waals surface area contributed by atoms with Gasteiger partial charge >= 0.3 is 0 Å². The van der Waals surface area contributed by atoms with E-state index in [9.17, 15) is 13.2 Å². The quantitative estimate of drug-likeness (QED) is 0.624. The van der Waals surface area contributed by atoms with Crippen molar-refractivity contribution < 1.29 is 13.2 Å². The molecular formula is C22H23N3O3S. The number of pyridine rings is 1. The summed E-state index contributed by atoms with van der Waals surface area (Å²) in [6, 6.07) is 18.3. The molecule has 0 radical (unpaired) electrons. The van der Waals surface area contributed by atoms with Crippen LogP contribution in [-0.2, 0) is 10.0 Å². The summed E-state index contributed by atoms with van der Waals surface area (Å²) < 4.78 is 28.2. The molecule has 7 heteroatoms. The van der Waals surface area contributed by atoms with Gasteiger partial charge in [0.1, 0.15) is 0 Å². The van der Waals surface area contributed by atoms with Gasteiger partial charge in [-0.1, -0.05) is 42.5 Å². The van der Waals surface area contributed by atoms with Crippen LogP contribution in [0.25, 0.3) is 0 Å². The second kappa shape index (κ2) is 8.98. The zero-order valence-electron chi connectivity index (χ0n) is 16.2. The molecule has 0 fully saturated rings. The molecule has 150 valence electrons. The number of sulfonamides is 1. The third kappa shape index (κ3) is 5.28. The number of rotatable bonds is 7. The molecule has 0 aliphatic heterocycles. The minimum atomic E-state index is -3.78. The topological polar surface area (TPSA) is 88.2 Å². The van der Waals surface area contributed by atoms with Crippen molar-refractivity contribution in [3.63, 3.8) is 0 Å². The monoisotopic (exact) mass is 409 g/mol. The predicted molar refractivity (Wildman–Crippen MR) is 112 cm³/mol. The highest BCUT2D eigenvalue weighted by Crippen LogP contribution is 2.18. The molecule has 0 saturated carbocycles. The Bertz CT molecular complexity index is 1070. The molecule has 1 aromatic heterocycles. The Morgan fingerprint density at radius 3 is 2.31 bits per heavy atom. The van der Waals surface area contributed by atoms with E-state index in [-0.39, 0.29) is 22.4 Å². The van der Waals surface area contributed by atoms with Gasteiger partial charge in [0.2, 0.25) is 10.0 Å². The van der Waals surface area contributed by atoms with Crippen molar-refractivity contribution in [2.45, 2.75) is 30.8 Å². The smallest absolute Gasteiger partial charge is 0.251 e. The second-order valence-corrected chi connectivity index (χ2v) is 8.48. The molecule has 0 spiro atoms. The van der Waals surface area contributed by atoms with Crippen molar-refractivity contribution in [3.05, 3.63) is 95.8 Å². The molecule has 0 saturated heterocycles. The lowest BCUT2D eigenvalue weighted by atomic mass is 10.1. The first-order valence-electron chi connectivity index (χ1n) is 9.25. The highest BCUT2D eigenvalue weighted by atomic mass is 32.2. The molecule has 2 N–H and O–H groups in total. The molecule has 1 heterocycles. The van der Waals surface area contributed by atoms with E-state index in [2.05, 4.69) is 15.0 Å². The van der Waals surface area contributed by atoms with Crippen molar-refractivity contribution in [3.8, 4) is 0 Å². The van der Waals surface area contributed by atoms with E-state index in [0.29, 0.717) is 0 Å². The van der Waals surface area contributed by atoms with Crippen molar-refractivity contribution in [2.75, 3.05) is 0 Å². The maximum absolute atomic E-state index is 12.8. The van der Waals surface area contributed by atoms with Gasteiger partial charge in [0.25, 0.3) is 5.91 Å². The third-order valence-electron chi connectivity index (χ3n) is 4.57. The van der Waals surface area contributed by atoms with E-state index in [1.807, 2.05) is 43.3 Å². The van der Waals surface area contributed by atoms with Crippen molar-refractivity contribution in [1.29, 1.82) is 0 Å². The lowest BCUT2D eigenvalue weighted by Gasteiger charge is -2.16. The number of carbonyl (C=O) groups excluding carboxylic acids is 1. The summed E-state index contributed by atoms with van der Waals surface area (Å²) in [4.78, 5) is 16.7. The van der Waals surface area contributed by atoms with Crippen LogP contribution < -0.4 is 10.0 Å². The Kier molecular flexibility index (Phi) is 6.41. The molecule has 29 heavy (non-hydrogen) atoms. The van der Waals surface area contributed by atoms with E-state index in [1.165, 1.54) is 12.1 Å². The fourth-order valence-corrected chi connectivity index (χ4v) is 4.19. The standard InChI is InChI=1S/C22H23N3O3S/c1-16(20-11-7-13-23-15-20)24-22(26)19-10-6-12-21(14-19)29(27,28)25-17(2)18-8-4-3-5-9-18/h3-17,25H,1-2H3,(H,24,26).